The lowest BCUT2D eigenvalue weighted by Crippen LogP contribution is -2.37. The van der Waals surface area contributed by atoms with Crippen LogP contribution in [-0.2, 0) is 4.79 Å². The molecule has 2 aromatic rings. The minimum Gasteiger partial charge on any atom is -0.478 e. The molecular formula is C13H13NO3. The molecule has 0 radical (unpaired) electrons. The van der Waals surface area contributed by atoms with E-state index < -0.39 is 11.6 Å². The van der Waals surface area contributed by atoms with Crippen molar-refractivity contribution < 1.29 is 14.6 Å². The number of pyridine rings is 1. The summed E-state index contributed by atoms with van der Waals surface area (Å²) in [5.74, 6) is -0.498. The SMILES string of the molecule is CC(C)(Oc1ccc2cccnc2c1)C(=O)O. The van der Waals surface area contributed by atoms with Crippen molar-refractivity contribution in [3.63, 3.8) is 0 Å². The molecule has 2 rings (SSSR count). The molecular weight excluding hydrogens is 218 g/mol. The summed E-state index contributed by atoms with van der Waals surface area (Å²) >= 11 is 0. The van der Waals surface area contributed by atoms with Crippen LogP contribution in [0.3, 0.4) is 0 Å². The van der Waals surface area contributed by atoms with Crippen LogP contribution in [0.4, 0.5) is 0 Å². The molecule has 0 saturated heterocycles. The van der Waals surface area contributed by atoms with E-state index in [9.17, 15) is 4.79 Å². The monoisotopic (exact) mass is 231 g/mol. The maximum Gasteiger partial charge on any atom is 0.347 e. The second-order valence-corrected chi connectivity index (χ2v) is 4.28. The average Bonchev–Trinajstić information content (AvgIpc) is 2.28. The number of carboxylic acids is 1. The van der Waals surface area contributed by atoms with Crippen molar-refractivity contribution in [3.8, 4) is 5.75 Å². The van der Waals surface area contributed by atoms with Gasteiger partial charge in [0, 0.05) is 17.6 Å². The smallest absolute Gasteiger partial charge is 0.347 e. The number of ether oxygens (including phenoxy) is 1. The van der Waals surface area contributed by atoms with Crippen molar-refractivity contribution in [3.05, 3.63) is 36.5 Å². The van der Waals surface area contributed by atoms with Gasteiger partial charge in [-0.15, -0.1) is 0 Å². The van der Waals surface area contributed by atoms with Crippen molar-refractivity contribution in [1.29, 1.82) is 0 Å². The predicted octanol–water partition coefficient (Wildman–Crippen LogP) is 2.48. The van der Waals surface area contributed by atoms with Crippen LogP contribution in [0, 0.1) is 0 Å². The molecule has 4 heteroatoms. The van der Waals surface area contributed by atoms with Crippen molar-refractivity contribution in [2.24, 2.45) is 0 Å². The summed E-state index contributed by atoms with van der Waals surface area (Å²) in [6, 6.07) is 9.13. The molecule has 1 aromatic carbocycles. The Bertz CT molecular complexity index is 563. The van der Waals surface area contributed by atoms with Crippen molar-refractivity contribution in [1.82, 2.24) is 4.98 Å². The Balaban J connectivity index is 2.34. The van der Waals surface area contributed by atoms with Crippen LogP contribution in [0.1, 0.15) is 13.8 Å². The lowest BCUT2D eigenvalue weighted by atomic mass is 10.1. The molecule has 0 amide bonds. The minimum atomic E-state index is -1.25. The molecule has 0 aliphatic heterocycles. The summed E-state index contributed by atoms with van der Waals surface area (Å²) in [4.78, 5) is 15.1. The number of carboxylic acid groups (broad SMARTS) is 1. The standard InChI is InChI=1S/C13H13NO3/c1-13(2,12(15)16)17-10-6-5-9-4-3-7-14-11(9)8-10/h3-8H,1-2H3,(H,15,16). The Kier molecular flexibility index (Phi) is 2.71. The Labute approximate surface area is 98.9 Å². The number of fused-ring (bicyclic) bond motifs is 1. The normalized spacial score (nSPS) is 11.4. The van der Waals surface area contributed by atoms with E-state index in [2.05, 4.69) is 4.98 Å². The third-order valence-electron chi connectivity index (χ3n) is 2.47. The first-order chi connectivity index (χ1) is 7.99. The molecule has 0 unspecified atom stereocenters. The molecule has 0 fully saturated rings. The van der Waals surface area contributed by atoms with Crippen LogP contribution in [0.25, 0.3) is 10.9 Å². The molecule has 4 nitrogen and oxygen atoms in total. The molecule has 17 heavy (non-hydrogen) atoms. The number of aliphatic carboxylic acids is 1. The van der Waals surface area contributed by atoms with Gasteiger partial charge in [-0.2, -0.15) is 0 Å². The summed E-state index contributed by atoms with van der Waals surface area (Å²) < 4.78 is 5.43. The van der Waals surface area contributed by atoms with Crippen LogP contribution in [-0.4, -0.2) is 21.7 Å². The number of hydrogen-bond acceptors (Lipinski definition) is 3. The minimum absolute atomic E-state index is 0.503. The van der Waals surface area contributed by atoms with Gasteiger partial charge in [0.2, 0.25) is 0 Å². The lowest BCUT2D eigenvalue weighted by molar-refractivity contribution is -0.152. The highest BCUT2D eigenvalue weighted by molar-refractivity contribution is 5.80. The second-order valence-electron chi connectivity index (χ2n) is 4.28. The van der Waals surface area contributed by atoms with Crippen molar-refractivity contribution in [2.75, 3.05) is 0 Å². The molecule has 1 heterocycles. The third kappa shape index (κ3) is 2.36. The van der Waals surface area contributed by atoms with E-state index in [1.54, 1.807) is 18.3 Å². The Morgan fingerprint density at radius 3 is 2.82 bits per heavy atom. The number of carbonyl (C=O) groups is 1. The summed E-state index contributed by atoms with van der Waals surface area (Å²) in [5, 5.41) is 9.97. The molecule has 88 valence electrons. The second kappa shape index (κ2) is 4.05. The first-order valence-corrected chi connectivity index (χ1v) is 5.26. The third-order valence-corrected chi connectivity index (χ3v) is 2.47. The number of benzene rings is 1. The highest BCUT2D eigenvalue weighted by Gasteiger charge is 2.29. The maximum absolute atomic E-state index is 10.9. The van der Waals surface area contributed by atoms with E-state index in [0.29, 0.717) is 5.75 Å². The summed E-state index contributed by atoms with van der Waals surface area (Å²) in [6.45, 7) is 3.02. The largest absolute Gasteiger partial charge is 0.478 e. The number of nitrogens with zero attached hydrogens (tertiary/aromatic N) is 1. The molecule has 0 aliphatic carbocycles. The first-order valence-electron chi connectivity index (χ1n) is 5.26. The van der Waals surface area contributed by atoms with Crippen molar-refractivity contribution in [2.45, 2.75) is 19.4 Å². The zero-order valence-electron chi connectivity index (χ0n) is 9.68. The highest BCUT2D eigenvalue weighted by atomic mass is 16.5. The van der Waals surface area contributed by atoms with E-state index in [4.69, 9.17) is 9.84 Å². The van der Waals surface area contributed by atoms with Gasteiger partial charge in [0.15, 0.2) is 5.60 Å². The molecule has 0 atom stereocenters. The Hall–Kier alpha value is -2.10. The summed E-state index contributed by atoms with van der Waals surface area (Å²) in [7, 11) is 0. The highest BCUT2D eigenvalue weighted by Crippen LogP contribution is 2.22. The van der Waals surface area contributed by atoms with Gasteiger partial charge in [-0.25, -0.2) is 4.79 Å². The zero-order valence-corrected chi connectivity index (χ0v) is 9.68. The number of hydrogen-bond donors (Lipinski definition) is 1. The average molecular weight is 231 g/mol. The lowest BCUT2D eigenvalue weighted by Gasteiger charge is -2.21. The van der Waals surface area contributed by atoms with Crippen LogP contribution >= 0.6 is 0 Å². The van der Waals surface area contributed by atoms with E-state index in [1.807, 2.05) is 18.2 Å². The number of aromatic nitrogens is 1. The Morgan fingerprint density at radius 1 is 1.35 bits per heavy atom. The summed E-state index contributed by atoms with van der Waals surface area (Å²) in [6.07, 6.45) is 1.69. The topological polar surface area (TPSA) is 59.4 Å². The van der Waals surface area contributed by atoms with E-state index >= 15 is 0 Å². The predicted molar refractivity (Wildman–Crippen MR) is 64.1 cm³/mol. The van der Waals surface area contributed by atoms with E-state index in [0.717, 1.165) is 10.9 Å². The van der Waals surface area contributed by atoms with Crippen LogP contribution in [0.15, 0.2) is 36.5 Å². The molecule has 0 saturated carbocycles. The van der Waals surface area contributed by atoms with E-state index in [-0.39, 0.29) is 0 Å². The fraction of sp³-hybridized carbons (Fsp3) is 0.231. The molecule has 0 spiro atoms. The first kappa shape index (κ1) is 11.4. The zero-order chi connectivity index (χ0) is 12.5. The van der Waals surface area contributed by atoms with Crippen LogP contribution < -0.4 is 4.74 Å². The van der Waals surface area contributed by atoms with Gasteiger partial charge in [-0.05, 0) is 32.0 Å². The fourth-order valence-corrected chi connectivity index (χ4v) is 1.45. The molecule has 1 aromatic heterocycles. The Morgan fingerprint density at radius 2 is 2.12 bits per heavy atom. The van der Waals surface area contributed by atoms with E-state index in [1.165, 1.54) is 13.8 Å². The van der Waals surface area contributed by atoms with Gasteiger partial charge < -0.3 is 9.84 Å². The van der Waals surface area contributed by atoms with Gasteiger partial charge in [0.1, 0.15) is 5.75 Å². The van der Waals surface area contributed by atoms with Gasteiger partial charge in [0.25, 0.3) is 0 Å². The van der Waals surface area contributed by atoms with Gasteiger partial charge >= 0.3 is 5.97 Å². The fourth-order valence-electron chi connectivity index (χ4n) is 1.45. The van der Waals surface area contributed by atoms with Crippen molar-refractivity contribution >= 4 is 16.9 Å². The maximum atomic E-state index is 10.9. The van der Waals surface area contributed by atoms with Crippen LogP contribution in [0.5, 0.6) is 5.75 Å². The molecule has 0 bridgehead atoms. The summed E-state index contributed by atoms with van der Waals surface area (Å²) in [5.41, 5.74) is -0.464. The van der Waals surface area contributed by atoms with Crippen LogP contribution in [0.2, 0.25) is 0 Å². The molecule has 0 aliphatic rings. The van der Waals surface area contributed by atoms with Gasteiger partial charge in [0.05, 0.1) is 5.52 Å². The molecule has 1 N–H and O–H groups in total. The van der Waals surface area contributed by atoms with Gasteiger partial charge in [-0.3, -0.25) is 4.98 Å². The quantitative estimate of drug-likeness (QED) is 0.881. The van der Waals surface area contributed by atoms with Gasteiger partial charge in [-0.1, -0.05) is 6.07 Å². The number of rotatable bonds is 3.